The number of benzene rings is 1. The molecule has 0 aliphatic heterocycles. The van der Waals surface area contributed by atoms with E-state index >= 15 is 0 Å². The summed E-state index contributed by atoms with van der Waals surface area (Å²) in [5, 5.41) is 18.3. The lowest BCUT2D eigenvalue weighted by Gasteiger charge is -2.36. The molecule has 0 atom stereocenters. The molecular weight excluding hydrogens is 358 g/mol. The third-order valence-electron chi connectivity index (χ3n) is 4.26. The molecule has 132 valence electrons. The van der Waals surface area contributed by atoms with Crippen LogP contribution in [0.15, 0.2) is 36.8 Å². The minimum atomic E-state index is -0.581. The summed E-state index contributed by atoms with van der Waals surface area (Å²) in [6.45, 7) is 0. The van der Waals surface area contributed by atoms with Crippen LogP contribution in [0.3, 0.4) is 0 Å². The van der Waals surface area contributed by atoms with Gasteiger partial charge in [-0.3, -0.25) is 10.1 Å². The van der Waals surface area contributed by atoms with E-state index in [1.807, 2.05) is 24.3 Å². The molecule has 0 unspecified atom stereocenters. The number of hydrogen-bond acceptors (Lipinski definition) is 8. The number of fused-ring (bicyclic) bond motifs is 1. The summed E-state index contributed by atoms with van der Waals surface area (Å²) in [5.41, 5.74) is 0.577. The maximum Gasteiger partial charge on any atom is 0.348 e. The lowest BCUT2D eigenvalue weighted by molar-refractivity contribution is -0.384. The topological polar surface area (TPSA) is 119 Å². The van der Waals surface area contributed by atoms with Crippen LogP contribution in [0.1, 0.15) is 12.8 Å². The van der Waals surface area contributed by atoms with Crippen molar-refractivity contribution in [1.82, 2.24) is 19.9 Å². The zero-order valence-electron chi connectivity index (χ0n) is 13.5. The Labute approximate surface area is 153 Å². The summed E-state index contributed by atoms with van der Waals surface area (Å²) in [6, 6.07) is 8.01. The van der Waals surface area contributed by atoms with Crippen LogP contribution in [0.4, 0.5) is 17.5 Å². The van der Waals surface area contributed by atoms with E-state index < -0.39 is 4.92 Å². The summed E-state index contributed by atoms with van der Waals surface area (Å²) < 4.78 is 0. The first-order chi connectivity index (χ1) is 12.6. The molecule has 2 heterocycles. The van der Waals surface area contributed by atoms with Gasteiger partial charge in [0.2, 0.25) is 16.9 Å². The molecule has 4 rings (SSSR count). The minimum absolute atomic E-state index is 0.0534. The molecule has 2 N–H and O–H groups in total. The van der Waals surface area contributed by atoms with Crippen LogP contribution in [0.5, 0.6) is 0 Å². The van der Waals surface area contributed by atoms with Crippen LogP contribution in [0, 0.1) is 10.1 Å². The number of nitro groups is 1. The van der Waals surface area contributed by atoms with Gasteiger partial charge in [-0.25, -0.2) is 19.9 Å². The van der Waals surface area contributed by atoms with E-state index in [1.54, 1.807) is 6.20 Å². The number of rotatable bonds is 5. The Morgan fingerprint density at radius 3 is 2.69 bits per heavy atom. The normalized spacial score (nSPS) is 19.0. The minimum Gasteiger partial charge on any atom is -0.361 e. The Bertz CT molecular complexity index is 978. The van der Waals surface area contributed by atoms with E-state index in [2.05, 4.69) is 30.6 Å². The van der Waals surface area contributed by atoms with Gasteiger partial charge in [0.15, 0.2) is 0 Å². The predicted molar refractivity (Wildman–Crippen MR) is 97.3 cm³/mol. The van der Waals surface area contributed by atoms with Gasteiger partial charge in [-0.1, -0.05) is 29.8 Å². The average Bonchev–Trinajstić information content (AvgIpc) is 2.59. The monoisotopic (exact) mass is 371 g/mol. The smallest absolute Gasteiger partial charge is 0.348 e. The van der Waals surface area contributed by atoms with E-state index in [0.717, 1.165) is 23.7 Å². The average molecular weight is 372 g/mol. The molecule has 1 saturated carbocycles. The first kappa shape index (κ1) is 16.4. The van der Waals surface area contributed by atoms with Crippen molar-refractivity contribution in [1.29, 1.82) is 0 Å². The van der Waals surface area contributed by atoms with Crippen molar-refractivity contribution in [2.75, 3.05) is 10.6 Å². The third kappa shape index (κ3) is 3.21. The SMILES string of the molecule is O=[N+]([O-])c1c(Cl)ncnc1N[C@H]1C[C@H](Nc2ncc3ccccc3n2)C1. The second-order valence-corrected chi connectivity index (χ2v) is 6.38. The Morgan fingerprint density at radius 2 is 1.88 bits per heavy atom. The lowest BCUT2D eigenvalue weighted by Crippen LogP contribution is -2.44. The summed E-state index contributed by atoms with van der Waals surface area (Å²) in [7, 11) is 0. The van der Waals surface area contributed by atoms with Gasteiger partial charge in [0.1, 0.15) is 6.33 Å². The van der Waals surface area contributed by atoms with Crippen molar-refractivity contribution in [3.05, 3.63) is 52.1 Å². The van der Waals surface area contributed by atoms with E-state index in [9.17, 15) is 10.1 Å². The van der Waals surface area contributed by atoms with Crippen molar-refractivity contribution >= 4 is 40.0 Å². The third-order valence-corrected chi connectivity index (χ3v) is 4.54. The van der Waals surface area contributed by atoms with E-state index in [-0.39, 0.29) is 28.7 Å². The molecule has 0 bridgehead atoms. The van der Waals surface area contributed by atoms with Crippen LogP contribution < -0.4 is 10.6 Å². The van der Waals surface area contributed by atoms with E-state index in [4.69, 9.17) is 11.6 Å². The van der Waals surface area contributed by atoms with Gasteiger partial charge in [-0.05, 0) is 18.9 Å². The van der Waals surface area contributed by atoms with Gasteiger partial charge in [-0.15, -0.1) is 0 Å². The molecular formula is C16H14ClN7O2. The molecule has 26 heavy (non-hydrogen) atoms. The molecule has 0 radical (unpaired) electrons. The number of halogens is 1. The Balaban J connectivity index is 1.38. The fourth-order valence-corrected chi connectivity index (χ4v) is 3.10. The largest absolute Gasteiger partial charge is 0.361 e. The number of hydrogen-bond donors (Lipinski definition) is 2. The first-order valence-corrected chi connectivity index (χ1v) is 8.37. The molecule has 1 aromatic carbocycles. The van der Waals surface area contributed by atoms with Gasteiger partial charge >= 0.3 is 5.69 Å². The molecule has 2 aromatic heterocycles. The van der Waals surface area contributed by atoms with Crippen LogP contribution in [0.2, 0.25) is 5.15 Å². The predicted octanol–water partition coefficient (Wildman–Crippen LogP) is 3.04. The van der Waals surface area contributed by atoms with Crippen molar-refractivity contribution in [3.8, 4) is 0 Å². The Kier molecular flexibility index (Phi) is 4.21. The second kappa shape index (κ2) is 6.68. The van der Waals surface area contributed by atoms with Crippen LogP contribution >= 0.6 is 11.6 Å². The highest BCUT2D eigenvalue weighted by Gasteiger charge is 2.32. The van der Waals surface area contributed by atoms with E-state index in [1.165, 1.54) is 6.33 Å². The highest BCUT2D eigenvalue weighted by molar-refractivity contribution is 6.31. The number of nitrogens with zero attached hydrogens (tertiary/aromatic N) is 5. The standard InChI is InChI=1S/C16H14ClN7O2/c17-14-13(24(25)26)15(20-8-19-14)21-10-5-11(6-10)22-16-18-7-9-3-1-2-4-12(9)23-16/h1-4,7-8,10-11H,5-6H2,(H,18,22,23)(H,19,20,21)/t10-,11-. The van der Waals surface area contributed by atoms with Gasteiger partial charge in [-0.2, -0.15) is 0 Å². The van der Waals surface area contributed by atoms with Gasteiger partial charge in [0.05, 0.1) is 10.4 Å². The van der Waals surface area contributed by atoms with Crippen molar-refractivity contribution in [3.63, 3.8) is 0 Å². The zero-order chi connectivity index (χ0) is 18.1. The fourth-order valence-electron chi connectivity index (χ4n) is 2.90. The number of aromatic nitrogens is 4. The molecule has 3 aromatic rings. The maximum absolute atomic E-state index is 11.1. The molecule has 1 fully saturated rings. The highest BCUT2D eigenvalue weighted by Crippen LogP contribution is 2.32. The molecule has 1 aliphatic carbocycles. The van der Waals surface area contributed by atoms with Crippen molar-refractivity contribution in [2.24, 2.45) is 0 Å². The fraction of sp³-hybridized carbons (Fsp3) is 0.250. The number of anilines is 2. The Hall–Kier alpha value is -3.07. The zero-order valence-corrected chi connectivity index (χ0v) is 14.2. The number of nitrogens with one attached hydrogen (secondary N) is 2. The van der Waals surface area contributed by atoms with E-state index in [0.29, 0.717) is 5.95 Å². The first-order valence-electron chi connectivity index (χ1n) is 8.00. The molecule has 1 aliphatic rings. The molecule has 10 heteroatoms. The summed E-state index contributed by atoms with van der Waals surface area (Å²) in [4.78, 5) is 26.9. The molecule has 0 amide bonds. The Morgan fingerprint density at radius 1 is 1.12 bits per heavy atom. The van der Waals surface area contributed by atoms with Gasteiger partial charge in [0, 0.05) is 23.7 Å². The van der Waals surface area contributed by atoms with Crippen LogP contribution in [-0.4, -0.2) is 36.9 Å². The summed E-state index contributed by atoms with van der Waals surface area (Å²) in [5.74, 6) is 0.712. The number of para-hydroxylation sites is 1. The molecule has 0 saturated heterocycles. The van der Waals surface area contributed by atoms with Crippen LogP contribution in [0.25, 0.3) is 10.9 Å². The molecule has 9 nitrogen and oxygen atoms in total. The van der Waals surface area contributed by atoms with Gasteiger partial charge < -0.3 is 10.6 Å². The quantitative estimate of drug-likeness (QED) is 0.399. The molecule has 0 spiro atoms. The highest BCUT2D eigenvalue weighted by atomic mass is 35.5. The maximum atomic E-state index is 11.1. The lowest BCUT2D eigenvalue weighted by atomic mass is 9.87. The second-order valence-electron chi connectivity index (χ2n) is 6.03. The van der Waals surface area contributed by atoms with Gasteiger partial charge in [0.25, 0.3) is 0 Å². The summed E-state index contributed by atoms with van der Waals surface area (Å²) >= 11 is 5.79. The summed E-state index contributed by atoms with van der Waals surface area (Å²) in [6.07, 6.45) is 4.50. The van der Waals surface area contributed by atoms with Crippen LogP contribution in [-0.2, 0) is 0 Å². The van der Waals surface area contributed by atoms with Crippen molar-refractivity contribution in [2.45, 2.75) is 24.9 Å². The van der Waals surface area contributed by atoms with Crippen molar-refractivity contribution < 1.29 is 4.92 Å².